The molecule has 6 nitrogen and oxygen atoms in total. The van der Waals surface area contributed by atoms with Crippen molar-refractivity contribution in [2.24, 2.45) is 0 Å². The SMILES string of the molecule is CCNC(=O)c1cccc(NC(=O)c2ccc(-c3cnco3)cc2)c1. The molecule has 0 spiro atoms. The quantitative estimate of drug-likeness (QED) is 0.749. The predicted molar refractivity (Wildman–Crippen MR) is 94.3 cm³/mol. The lowest BCUT2D eigenvalue weighted by Crippen LogP contribution is -2.22. The molecule has 0 aliphatic heterocycles. The summed E-state index contributed by atoms with van der Waals surface area (Å²) < 4.78 is 5.22. The number of oxazole rings is 1. The van der Waals surface area contributed by atoms with Gasteiger partial charge in [0.25, 0.3) is 11.8 Å². The van der Waals surface area contributed by atoms with Crippen LogP contribution in [0.2, 0.25) is 0 Å². The molecule has 0 fully saturated rings. The molecule has 0 radical (unpaired) electrons. The number of hydrogen-bond acceptors (Lipinski definition) is 4. The van der Waals surface area contributed by atoms with Crippen molar-refractivity contribution in [1.29, 1.82) is 0 Å². The van der Waals surface area contributed by atoms with Crippen LogP contribution in [0.1, 0.15) is 27.6 Å². The summed E-state index contributed by atoms with van der Waals surface area (Å²) in [5.41, 5.74) is 2.41. The highest BCUT2D eigenvalue weighted by Gasteiger charge is 2.10. The van der Waals surface area contributed by atoms with E-state index in [0.717, 1.165) is 5.56 Å². The highest BCUT2D eigenvalue weighted by molar-refractivity contribution is 6.05. The minimum atomic E-state index is -0.253. The van der Waals surface area contributed by atoms with Gasteiger partial charge in [0.05, 0.1) is 6.20 Å². The van der Waals surface area contributed by atoms with Crippen LogP contribution in [-0.2, 0) is 0 Å². The van der Waals surface area contributed by atoms with Gasteiger partial charge in [-0.25, -0.2) is 4.98 Å². The second kappa shape index (κ2) is 7.44. The molecular weight excluding hydrogens is 318 g/mol. The summed E-state index contributed by atoms with van der Waals surface area (Å²) in [6, 6.07) is 13.8. The largest absolute Gasteiger partial charge is 0.444 e. The van der Waals surface area contributed by atoms with Gasteiger partial charge in [-0.1, -0.05) is 18.2 Å². The molecule has 0 saturated heterocycles. The van der Waals surface area contributed by atoms with Crippen molar-refractivity contribution >= 4 is 17.5 Å². The molecule has 1 aromatic heterocycles. The van der Waals surface area contributed by atoms with Crippen LogP contribution in [0, 0.1) is 0 Å². The summed E-state index contributed by atoms with van der Waals surface area (Å²) in [4.78, 5) is 28.1. The smallest absolute Gasteiger partial charge is 0.255 e. The normalized spacial score (nSPS) is 10.3. The number of aromatic nitrogens is 1. The molecule has 2 aromatic carbocycles. The highest BCUT2D eigenvalue weighted by Crippen LogP contribution is 2.19. The monoisotopic (exact) mass is 335 g/mol. The standard InChI is InChI=1S/C19H17N3O3/c1-2-21-18(23)15-4-3-5-16(10-15)22-19(24)14-8-6-13(7-9-14)17-11-20-12-25-17/h3-12H,2H2,1H3,(H,21,23)(H,22,24). The Morgan fingerprint density at radius 1 is 1.04 bits per heavy atom. The van der Waals surface area contributed by atoms with Gasteiger partial charge in [-0.15, -0.1) is 0 Å². The molecule has 3 rings (SSSR count). The molecule has 1 heterocycles. The Morgan fingerprint density at radius 2 is 1.84 bits per heavy atom. The molecule has 0 saturated carbocycles. The van der Waals surface area contributed by atoms with Gasteiger partial charge >= 0.3 is 0 Å². The van der Waals surface area contributed by atoms with Crippen molar-refractivity contribution in [3.63, 3.8) is 0 Å². The number of nitrogens with one attached hydrogen (secondary N) is 2. The maximum Gasteiger partial charge on any atom is 0.255 e. The Morgan fingerprint density at radius 3 is 2.52 bits per heavy atom. The number of anilines is 1. The minimum absolute atomic E-state index is 0.171. The Hall–Kier alpha value is -3.41. The van der Waals surface area contributed by atoms with E-state index < -0.39 is 0 Å². The van der Waals surface area contributed by atoms with Crippen molar-refractivity contribution in [3.05, 3.63) is 72.2 Å². The number of hydrogen-bond donors (Lipinski definition) is 2. The molecule has 126 valence electrons. The number of amides is 2. The molecule has 2 amide bonds. The van der Waals surface area contributed by atoms with Crippen LogP contribution in [-0.4, -0.2) is 23.3 Å². The van der Waals surface area contributed by atoms with Crippen LogP contribution in [0.25, 0.3) is 11.3 Å². The topological polar surface area (TPSA) is 84.2 Å². The van der Waals surface area contributed by atoms with Crippen LogP contribution in [0.3, 0.4) is 0 Å². The van der Waals surface area contributed by atoms with Crippen LogP contribution >= 0.6 is 0 Å². The molecule has 25 heavy (non-hydrogen) atoms. The van der Waals surface area contributed by atoms with Gasteiger partial charge in [0.15, 0.2) is 12.2 Å². The number of rotatable bonds is 5. The van der Waals surface area contributed by atoms with Crippen LogP contribution < -0.4 is 10.6 Å². The second-order valence-electron chi connectivity index (χ2n) is 5.34. The Bertz CT molecular complexity index is 871. The Kier molecular flexibility index (Phi) is 4.89. The first kappa shape index (κ1) is 16.4. The number of carbonyl (C=O) groups is 2. The molecule has 0 bridgehead atoms. The molecule has 0 unspecified atom stereocenters. The molecule has 0 atom stereocenters. The van der Waals surface area contributed by atoms with E-state index in [9.17, 15) is 9.59 Å². The van der Waals surface area contributed by atoms with Crippen molar-refractivity contribution < 1.29 is 14.0 Å². The first-order valence-electron chi connectivity index (χ1n) is 7.86. The highest BCUT2D eigenvalue weighted by atomic mass is 16.3. The van der Waals surface area contributed by atoms with Gasteiger partial charge in [-0.2, -0.15) is 0 Å². The maximum absolute atomic E-state index is 12.4. The van der Waals surface area contributed by atoms with Crippen LogP contribution in [0.5, 0.6) is 0 Å². The van der Waals surface area contributed by atoms with Gasteiger partial charge in [0.2, 0.25) is 0 Å². The van der Waals surface area contributed by atoms with Crippen molar-refractivity contribution in [2.45, 2.75) is 6.92 Å². The summed E-state index contributed by atoms with van der Waals surface area (Å²) in [6.45, 7) is 2.40. The van der Waals surface area contributed by atoms with Crippen LogP contribution in [0.4, 0.5) is 5.69 Å². The summed E-state index contributed by atoms with van der Waals surface area (Å²) in [5.74, 6) is 0.216. The average molecular weight is 335 g/mol. The Balaban J connectivity index is 1.72. The van der Waals surface area contributed by atoms with E-state index in [1.807, 2.05) is 6.92 Å². The van der Waals surface area contributed by atoms with E-state index in [-0.39, 0.29) is 11.8 Å². The Labute approximate surface area is 144 Å². The molecular formula is C19H17N3O3. The molecule has 0 aliphatic carbocycles. The van der Waals surface area contributed by atoms with Gasteiger partial charge < -0.3 is 15.1 Å². The van der Waals surface area contributed by atoms with E-state index in [0.29, 0.717) is 29.1 Å². The number of nitrogens with zero attached hydrogens (tertiary/aromatic N) is 1. The lowest BCUT2D eigenvalue weighted by molar-refractivity contribution is 0.0954. The fourth-order valence-electron chi connectivity index (χ4n) is 2.35. The first-order valence-corrected chi connectivity index (χ1v) is 7.86. The van der Waals surface area contributed by atoms with E-state index >= 15 is 0 Å². The van der Waals surface area contributed by atoms with E-state index in [4.69, 9.17) is 4.42 Å². The fraction of sp³-hybridized carbons (Fsp3) is 0.105. The number of benzene rings is 2. The zero-order chi connectivity index (χ0) is 17.6. The first-order chi connectivity index (χ1) is 12.2. The van der Waals surface area contributed by atoms with Crippen LogP contribution in [0.15, 0.2) is 65.5 Å². The van der Waals surface area contributed by atoms with E-state index in [1.165, 1.54) is 6.39 Å². The third-order valence-corrected chi connectivity index (χ3v) is 3.58. The van der Waals surface area contributed by atoms with Gasteiger partial charge in [0.1, 0.15) is 0 Å². The zero-order valence-electron chi connectivity index (χ0n) is 13.7. The van der Waals surface area contributed by atoms with Crippen molar-refractivity contribution in [3.8, 4) is 11.3 Å². The second-order valence-corrected chi connectivity index (χ2v) is 5.34. The summed E-state index contributed by atoms with van der Waals surface area (Å²) in [5, 5.41) is 5.52. The molecule has 3 aromatic rings. The van der Waals surface area contributed by atoms with Gasteiger partial charge in [0, 0.05) is 28.9 Å². The van der Waals surface area contributed by atoms with Crippen molar-refractivity contribution in [1.82, 2.24) is 10.3 Å². The van der Waals surface area contributed by atoms with E-state index in [2.05, 4.69) is 15.6 Å². The third-order valence-electron chi connectivity index (χ3n) is 3.58. The van der Waals surface area contributed by atoms with Gasteiger partial charge in [-0.05, 0) is 37.3 Å². The predicted octanol–water partition coefficient (Wildman–Crippen LogP) is 3.34. The maximum atomic E-state index is 12.4. The van der Waals surface area contributed by atoms with Crippen molar-refractivity contribution in [2.75, 3.05) is 11.9 Å². The lowest BCUT2D eigenvalue weighted by Gasteiger charge is -2.08. The van der Waals surface area contributed by atoms with Gasteiger partial charge in [-0.3, -0.25) is 9.59 Å². The fourth-order valence-corrected chi connectivity index (χ4v) is 2.35. The lowest BCUT2D eigenvalue weighted by atomic mass is 10.1. The molecule has 6 heteroatoms. The average Bonchev–Trinajstić information content (AvgIpc) is 3.17. The summed E-state index contributed by atoms with van der Waals surface area (Å²) in [7, 11) is 0. The third kappa shape index (κ3) is 3.92. The summed E-state index contributed by atoms with van der Waals surface area (Å²) in [6.07, 6.45) is 2.97. The zero-order valence-corrected chi connectivity index (χ0v) is 13.7. The molecule has 2 N–H and O–H groups in total. The van der Waals surface area contributed by atoms with E-state index in [1.54, 1.807) is 54.7 Å². The number of carbonyl (C=O) groups excluding carboxylic acids is 2. The minimum Gasteiger partial charge on any atom is -0.444 e. The molecule has 0 aliphatic rings. The summed E-state index contributed by atoms with van der Waals surface area (Å²) >= 11 is 0.